The second-order valence-corrected chi connectivity index (χ2v) is 7.52. The Balaban J connectivity index is 1.38. The fourth-order valence-electron chi connectivity index (χ4n) is 4.39. The second-order valence-electron chi connectivity index (χ2n) is 7.52. The fourth-order valence-corrected chi connectivity index (χ4v) is 4.39. The number of nitrogens with zero attached hydrogens (tertiary/aromatic N) is 2. The minimum Gasteiger partial charge on any atom is -0.497 e. The van der Waals surface area contributed by atoms with Crippen molar-refractivity contribution in [1.29, 1.82) is 0 Å². The number of hydrazine groups is 1. The van der Waals surface area contributed by atoms with E-state index < -0.39 is 0 Å². The van der Waals surface area contributed by atoms with Gasteiger partial charge < -0.3 is 9.72 Å². The van der Waals surface area contributed by atoms with Crippen molar-refractivity contribution in [2.24, 2.45) is 5.92 Å². The van der Waals surface area contributed by atoms with E-state index in [4.69, 9.17) is 4.74 Å². The molecule has 2 unspecified atom stereocenters. The van der Waals surface area contributed by atoms with Crippen LogP contribution in [0.2, 0.25) is 0 Å². The molecule has 2 atom stereocenters. The lowest BCUT2D eigenvalue weighted by Gasteiger charge is -2.36. The first kappa shape index (κ1) is 17.5. The third-order valence-corrected chi connectivity index (χ3v) is 5.99. The third-order valence-electron chi connectivity index (χ3n) is 5.99. The summed E-state index contributed by atoms with van der Waals surface area (Å²) < 4.78 is 5.41. The van der Waals surface area contributed by atoms with Crippen molar-refractivity contribution in [3.63, 3.8) is 0 Å². The molecular formula is C20H29N5O. The van der Waals surface area contributed by atoms with Crippen LogP contribution in [-0.2, 0) is 6.54 Å². The van der Waals surface area contributed by atoms with Crippen molar-refractivity contribution in [3.05, 3.63) is 47.5 Å². The lowest BCUT2D eigenvalue weighted by molar-refractivity contribution is 0.150. The average Bonchev–Trinajstić information content (AvgIpc) is 3.32. The first-order valence-electron chi connectivity index (χ1n) is 9.58. The molecule has 3 N–H and O–H groups in total. The van der Waals surface area contributed by atoms with Crippen LogP contribution in [0.25, 0.3) is 0 Å². The summed E-state index contributed by atoms with van der Waals surface area (Å²) in [7, 11) is 1.73. The predicted molar refractivity (Wildman–Crippen MR) is 102 cm³/mol. The summed E-state index contributed by atoms with van der Waals surface area (Å²) in [6, 6.07) is 9.00. The van der Waals surface area contributed by atoms with Crippen LogP contribution in [0, 0.1) is 12.8 Å². The van der Waals surface area contributed by atoms with E-state index in [0.29, 0.717) is 17.9 Å². The van der Waals surface area contributed by atoms with Gasteiger partial charge in [0.15, 0.2) is 0 Å². The van der Waals surface area contributed by atoms with Crippen LogP contribution in [-0.4, -0.2) is 47.7 Å². The number of rotatable bonds is 5. The number of hydrogen-bond acceptors (Lipinski definition) is 5. The van der Waals surface area contributed by atoms with Crippen LogP contribution in [0.4, 0.5) is 0 Å². The number of aromatic amines is 1. The SMILES string of the molecule is COc1cccc(C2CNNC2C2CCN(Cc3nc[nH]c3C)CC2)c1. The molecule has 0 saturated carbocycles. The quantitative estimate of drug-likeness (QED) is 0.767. The van der Waals surface area contributed by atoms with E-state index in [1.165, 1.54) is 29.8 Å². The molecule has 0 amide bonds. The number of imidazole rings is 1. The van der Waals surface area contributed by atoms with Crippen LogP contribution < -0.4 is 15.6 Å². The van der Waals surface area contributed by atoms with Gasteiger partial charge in [0.1, 0.15) is 5.75 Å². The maximum absolute atomic E-state index is 5.41. The van der Waals surface area contributed by atoms with Gasteiger partial charge in [-0.3, -0.25) is 15.8 Å². The summed E-state index contributed by atoms with van der Waals surface area (Å²) in [5, 5.41) is 0. The molecule has 0 aliphatic carbocycles. The molecule has 2 aromatic rings. The van der Waals surface area contributed by atoms with Crippen LogP contribution in [0.5, 0.6) is 5.75 Å². The van der Waals surface area contributed by atoms with E-state index in [1.807, 2.05) is 6.07 Å². The van der Waals surface area contributed by atoms with Crippen LogP contribution in [0.15, 0.2) is 30.6 Å². The molecule has 2 saturated heterocycles. The molecule has 6 heteroatoms. The number of hydrogen-bond donors (Lipinski definition) is 3. The van der Waals surface area contributed by atoms with Crippen molar-refractivity contribution in [2.75, 3.05) is 26.7 Å². The zero-order chi connectivity index (χ0) is 17.9. The number of ether oxygens (including phenoxy) is 1. The van der Waals surface area contributed by atoms with Crippen molar-refractivity contribution >= 4 is 0 Å². The summed E-state index contributed by atoms with van der Waals surface area (Å²) in [5.74, 6) is 2.13. The van der Waals surface area contributed by atoms with Crippen molar-refractivity contribution < 1.29 is 4.74 Å². The summed E-state index contributed by atoms with van der Waals surface area (Å²) in [5.41, 5.74) is 10.7. The lowest BCUT2D eigenvalue weighted by atomic mass is 9.80. The van der Waals surface area contributed by atoms with Gasteiger partial charge in [-0.1, -0.05) is 12.1 Å². The van der Waals surface area contributed by atoms with Crippen molar-refractivity contribution in [1.82, 2.24) is 25.7 Å². The largest absolute Gasteiger partial charge is 0.497 e. The number of H-pyrrole nitrogens is 1. The molecule has 2 aliphatic rings. The summed E-state index contributed by atoms with van der Waals surface area (Å²) in [6.07, 6.45) is 4.25. The minimum absolute atomic E-state index is 0.483. The molecule has 26 heavy (non-hydrogen) atoms. The molecule has 0 bridgehead atoms. The monoisotopic (exact) mass is 355 g/mol. The van der Waals surface area contributed by atoms with Crippen molar-refractivity contribution in [2.45, 2.75) is 38.3 Å². The van der Waals surface area contributed by atoms with Gasteiger partial charge >= 0.3 is 0 Å². The molecule has 3 heterocycles. The number of methoxy groups -OCH3 is 1. The summed E-state index contributed by atoms with van der Waals surface area (Å²) >= 11 is 0. The van der Waals surface area contributed by atoms with Gasteiger partial charge in [-0.15, -0.1) is 0 Å². The van der Waals surface area contributed by atoms with E-state index in [1.54, 1.807) is 13.4 Å². The Labute approximate surface area is 155 Å². The first-order valence-corrected chi connectivity index (χ1v) is 9.58. The van der Waals surface area contributed by atoms with Gasteiger partial charge in [-0.05, 0) is 56.5 Å². The Morgan fingerprint density at radius 2 is 2.12 bits per heavy atom. The number of aromatic nitrogens is 2. The maximum Gasteiger partial charge on any atom is 0.119 e. The molecule has 4 rings (SSSR count). The van der Waals surface area contributed by atoms with Gasteiger partial charge in [-0.25, -0.2) is 4.98 Å². The van der Waals surface area contributed by atoms with E-state index in [9.17, 15) is 0 Å². The predicted octanol–water partition coefficient (Wildman–Crippen LogP) is 2.20. The average molecular weight is 355 g/mol. The van der Waals surface area contributed by atoms with Crippen LogP contribution >= 0.6 is 0 Å². The van der Waals surface area contributed by atoms with Gasteiger partial charge in [0, 0.05) is 30.7 Å². The molecular weight excluding hydrogens is 326 g/mol. The molecule has 6 nitrogen and oxygen atoms in total. The molecule has 2 aliphatic heterocycles. The zero-order valence-corrected chi connectivity index (χ0v) is 15.7. The van der Waals surface area contributed by atoms with Gasteiger partial charge in [0.2, 0.25) is 0 Å². The molecule has 2 fully saturated rings. The van der Waals surface area contributed by atoms with Gasteiger partial charge in [0.25, 0.3) is 0 Å². The fraction of sp³-hybridized carbons (Fsp3) is 0.550. The number of benzene rings is 1. The van der Waals surface area contributed by atoms with Gasteiger partial charge in [-0.2, -0.15) is 0 Å². The highest BCUT2D eigenvalue weighted by Gasteiger charge is 2.36. The smallest absolute Gasteiger partial charge is 0.119 e. The topological polar surface area (TPSA) is 65.2 Å². The second kappa shape index (κ2) is 7.78. The first-order chi connectivity index (χ1) is 12.7. The normalized spacial score (nSPS) is 24.8. The number of nitrogens with one attached hydrogen (secondary N) is 3. The Kier molecular flexibility index (Phi) is 5.24. The lowest BCUT2D eigenvalue weighted by Crippen LogP contribution is -2.44. The highest BCUT2D eigenvalue weighted by Crippen LogP contribution is 2.33. The zero-order valence-electron chi connectivity index (χ0n) is 15.7. The number of aryl methyl sites for hydroxylation is 1. The Morgan fingerprint density at radius 1 is 1.27 bits per heavy atom. The standard InChI is InChI=1S/C20H29N5O/c1-14-19(22-13-21-14)12-25-8-6-15(7-9-25)20-18(11-23-24-20)16-4-3-5-17(10-16)26-2/h3-5,10,13,15,18,20,23-24H,6-9,11-12H2,1-2H3,(H,21,22). The van der Waals surface area contributed by atoms with E-state index >= 15 is 0 Å². The van der Waals surface area contributed by atoms with Crippen LogP contribution in [0.3, 0.4) is 0 Å². The molecule has 0 radical (unpaired) electrons. The van der Waals surface area contributed by atoms with Crippen molar-refractivity contribution in [3.8, 4) is 5.75 Å². The Hall–Kier alpha value is -1.89. The molecule has 1 aromatic heterocycles. The summed E-state index contributed by atoms with van der Waals surface area (Å²) in [6.45, 7) is 6.31. The third kappa shape index (κ3) is 3.63. The highest BCUT2D eigenvalue weighted by molar-refractivity contribution is 5.32. The van der Waals surface area contributed by atoms with Crippen LogP contribution in [0.1, 0.15) is 35.7 Å². The van der Waals surface area contributed by atoms with E-state index in [-0.39, 0.29) is 0 Å². The Bertz CT molecular complexity index is 722. The number of likely N-dealkylation sites (tertiary alicyclic amines) is 1. The van der Waals surface area contributed by atoms with E-state index in [2.05, 4.69) is 50.8 Å². The highest BCUT2D eigenvalue weighted by atomic mass is 16.5. The van der Waals surface area contributed by atoms with E-state index in [0.717, 1.165) is 31.9 Å². The molecule has 140 valence electrons. The Morgan fingerprint density at radius 3 is 2.85 bits per heavy atom. The minimum atomic E-state index is 0.483. The molecule has 0 spiro atoms. The molecule has 1 aromatic carbocycles. The van der Waals surface area contributed by atoms with Gasteiger partial charge in [0.05, 0.1) is 19.1 Å². The number of piperidine rings is 1. The maximum atomic E-state index is 5.41. The summed E-state index contributed by atoms with van der Waals surface area (Å²) in [4.78, 5) is 10.2.